The number of hydrogen-bond donors (Lipinski definition) is 0. The molecule has 26 heteroatoms. The van der Waals surface area contributed by atoms with Crippen molar-refractivity contribution in [2.24, 2.45) is 11.8 Å². The lowest BCUT2D eigenvalue weighted by Gasteiger charge is -2.61. The predicted octanol–water partition coefficient (Wildman–Crippen LogP) is 9.80. The third kappa shape index (κ3) is 8.77. The predicted molar refractivity (Wildman–Crippen MR) is 291 cm³/mol. The van der Waals surface area contributed by atoms with Gasteiger partial charge in [0.1, 0.15) is 56.3 Å². The molecule has 464 valence electrons. The zero-order valence-corrected chi connectivity index (χ0v) is 49.4. The van der Waals surface area contributed by atoms with Gasteiger partial charge in [0.2, 0.25) is 19.7 Å². The number of rotatable bonds is 16. The van der Waals surface area contributed by atoms with Crippen molar-refractivity contribution in [3.63, 3.8) is 0 Å². The van der Waals surface area contributed by atoms with Crippen molar-refractivity contribution in [2.75, 3.05) is 27.8 Å². The van der Waals surface area contributed by atoms with Crippen molar-refractivity contribution >= 4 is 42.8 Å². The molecular weight excluding hydrogens is 1200 g/mol. The van der Waals surface area contributed by atoms with Gasteiger partial charge in [-0.1, -0.05) is 76.2 Å². The fourth-order valence-electron chi connectivity index (χ4n) is 14.1. The van der Waals surface area contributed by atoms with Crippen LogP contribution in [0.1, 0.15) is 86.2 Å². The van der Waals surface area contributed by atoms with Crippen molar-refractivity contribution in [3.05, 3.63) is 128 Å². The number of halogens is 6. The van der Waals surface area contributed by atoms with Crippen LogP contribution in [-0.2, 0) is 76.5 Å². The molecule has 87 heavy (non-hydrogen) atoms. The highest BCUT2D eigenvalue weighted by atomic mass is 32.2. The van der Waals surface area contributed by atoms with Crippen LogP contribution in [0.5, 0.6) is 0 Å². The normalized spacial score (nSPS) is 34.6. The van der Waals surface area contributed by atoms with Crippen LogP contribution in [0.25, 0.3) is 33.4 Å². The smallest absolute Gasteiger partial charge is 0.380 e. The minimum absolute atomic E-state index is 0.00523. The van der Waals surface area contributed by atoms with Crippen LogP contribution >= 0.6 is 0 Å². The molecule has 0 N–H and O–H groups in total. The highest BCUT2D eigenvalue weighted by Crippen LogP contribution is 2.68. The lowest BCUT2D eigenvalue weighted by atomic mass is 9.72. The molecule has 11 aliphatic rings. The molecule has 2 saturated carbocycles. The van der Waals surface area contributed by atoms with Crippen molar-refractivity contribution in [3.8, 4) is 22.3 Å². The fourth-order valence-corrected chi connectivity index (χ4v) is 17.8. The lowest BCUT2D eigenvalue weighted by molar-refractivity contribution is -0.536. The summed E-state index contributed by atoms with van der Waals surface area (Å²) in [5, 5.41) is 0. The number of alkyl halides is 6. The van der Waals surface area contributed by atoms with E-state index in [2.05, 4.69) is 0 Å². The van der Waals surface area contributed by atoms with Gasteiger partial charge in [0, 0.05) is 73.3 Å². The summed E-state index contributed by atoms with van der Waals surface area (Å²) < 4.78 is 229. The largest absolute Gasteiger partial charge is 0.453 e. The Kier molecular flexibility index (Phi) is 14.2. The van der Waals surface area contributed by atoms with Gasteiger partial charge in [0.15, 0.2) is 12.2 Å². The summed E-state index contributed by atoms with van der Waals surface area (Å²) >= 11 is 0. The minimum Gasteiger partial charge on any atom is -0.453 e. The van der Waals surface area contributed by atoms with Crippen molar-refractivity contribution in [2.45, 2.75) is 155 Å². The Labute approximate surface area is 495 Å². The second-order valence-electron chi connectivity index (χ2n) is 23.1. The topological polar surface area (TPSA) is 213 Å². The molecule has 8 fully saturated rings. The van der Waals surface area contributed by atoms with Crippen molar-refractivity contribution in [1.82, 2.24) is 0 Å². The van der Waals surface area contributed by atoms with Crippen molar-refractivity contribution in [1.29, 1.82) is 0 Å². The van der Waals surface area contributed by atoms with Gasteiger partial charge in [0.25, 0.3) is 11.9 Å². The number of fused-ring (bicyclic) bond motifs is 2. The average molecular weight is 1260 g/mol. The van der Waals surface area contributed by atoms with Gasteiger partial charge in [-0.05, 0) is 71.5 Å². The third-order valence-electron chi connectivity index (χ3n) is 18.0. The van der Waals surface area contributed by atoms with Crippen LogP contribution < -0.4 is 0 Å². The van der Waals surface area contributed by atoms with E-state index in [-0.39, 0.29) is 59.3 Å². The summed E-state index contributed by atoms with van der Waals surface area (Å²) in [7, 11) is -6.98. The zero-order chi connectivity index (χ0) is 62.0. The maximum atomic E-state index is 16.9. The standard InChI is InChI=1S/C61H58F6O18S2/c1-9-37-41(35-21-19-33(23-39(35)86(37,70)71)29-11-15-31(16-12-29)55(68)78-50-46-27(3)45-28(4)47(50)82-57(5,80-45)81-46)43-44(60(64,65)61(66,67)59(43,62)63)42-36-22-20-34(24-40(36)87(72,73)38(42)10-2)30-13-17-32(18-14-30)56(69)79-51-53-48(76-25-74-7)52-49(77-26-75-8)54(51)85-58(6,83-52)84-53/h11-24,27-28,45-54H,9-10,25-26H2,1-8H3/t27?,28?,45-,46-,47?,48?,49?,50+,51-,52+,53+,54?,57?,58?/m0/s1. The van der Waals surface area contributed by atoms with E-state index in [1.165, 1.54) is 88.7 Å². The third-order valence-corrected chi connectivity index (χ3v) is 22.1. The number of esters is 2. The summed E-state index contributed by atoms with van der Waals surface area (Å²) in [6.07, 6.45) is -8.56. The molecule has 3 aliphatic carbocycles. The van der Waals surface area contributed by atoms with Gasteiger partial charge in [-0.25, -0.2) is 26.4 Å². The molecule has 4 aromatic rings. The quantitative estimate of drug-likeness (QED) is 0.0580. The average Bonchev–Trinajstić information content (AvgIpc) is 1.56. The van der Waals surface area contributed by atoms with Crippen LogP contribution in [0.2, 0.25) is 0 Å². The Morgan fingerprint density at radius 1 is 0.483 bits per heavy atom. The lowest BCUT2D eigenvalue weighted by Crippen LogP contribution is -2.79. The first-order valence-corrected chi connectivity index (χ1v) is 31.1. The van der Waals surface area contributed by atoms with E-state index in [9.17, 15) is 26.4 Å². The van der Waals surface area contributed by atoms with Gasteiger partial charge < -0.3 is 56.8 Å². The Morgan fingerprint density at radius 3 is 1.18 bits per heavy atom. The summed E-state index contributed by atoms with van der Waals surface area (Å²) in [6.45, 7) is 9.20. The van der Waals surface area contributed by atoms with E-state index in [0.717, 1.165) is 24.3 Å². The van der Waals surface area contributed by atoms with E-state index in [1.54, 1.807) is 13.8 Å². The minimum atomic E-state index is -6.21. The monoisotopic (exact) mass is 1260 g/mol. The molecule has 15 rings (SSSR count). The van der Waals surface area contributed by atoms with E-state index < -0.39 is 182 Å². The van der Waals surface area contributed by atoms with Gasteiger partial charge >= 0.3 is 29.7 Å². The van der Waals surface area contributed by atoms with E-state index in [4.69, 9.17) is 56.8 Å². The van der Waals surface area contributed by atoms with E-state index >= 15 is 26.3 Å². The number of methoxy groups -OCH3 is 2. The number of carbonyl (C=O) groups excluding carboxylic acids is 2. The summed E-state index contributed by atoms with van der Waals surface area (Å²) in [6, 6.07) is 18.1. The van der Waals surface area contributed by atoms with Crippen LogP contribution in [0, 0.1) is 11.8 Å². The van der Waals surface area contributed by atoms with Gasteiger partial charge in [-0.2, -0.15) is 26.3 Å². The van der Waals surface area contributed by atoms with E-state index in [0.29, 0.717) is 5.56 Å². The zero-order valence-electron chi connectivity index (χ0n) is 47.8. The molecule has 8 heterocycles. The maximum absolute atomic E-state index is 16.9. The molecular formula is C61H58F6O18S2. The van der Waals surface area contributed by atoms with Gasteiger partial charge in [-0.3, -0.25) is 0 Å². The Balaban J connectivity index is 0.808. The highest BCUT2D eigenvalue weighted by molar-refractivity contribution is 7.96. The SMILES string of the molecule is CCC1=C(C2=C(C3=C(CC)S(=O)(=O)c4cc(-c5ccc(C(=O)O[C@H]6C7OC8(C)O[C@H](C7C)C(C)[C@@H]6O8)cc5)ccc43)C(F)(F)C(F)(F)C2(F)F)c2ccc(-c3ccc(C(=O)O[C@@H]4C5OC6(C)O[C@@H](C5OCOC)C(OCOC)[C@H]4O6)cc3)cc2S1(=O)=O. The first-order chi connectivity index (χ1) is 41.1. The second kappa shape index (κ2) is 20.6. The number of benzene rings is 4. The number of ether oxygens (including phenoxy) is 12. The summed E-state index contributed by atoms with van der Waals surface area (Å²) in [4.78, 5) is 24.4. The number of allylic oxidation sites excluding steroid dienone is 6. The number of carbonyl (C=O) groups is 2. The molecule has 8 aliphatic heterocycles. The van der Waals surface area contributed by atoms with Crippen LogP contribution in [0.3, 0.4) is 0 Å². The molecule has 0 spiro atoms. The van der Waals surface area contributed by atoms with Crippen LogP contribution in [-0.4, -0.2) is 147 Å². The first kappa shape index (κ1) is 60.1. The second-order valence-corrected chi connectivity index (χ2v) is 27.0. The molecule has 14 atom stereocenters. The molecule has 0 aromatic heterocycles. The Bertz CT molecular complexity index is 3840. The molecule has 8 bridgehead atoms. The molecule has 8 unspecified atom stereocenters. The van der Waals surface area contributed by atoms with Gasteiger partial charge in [0.05, 0.1) is 36.8 Å². The maximum Gasteiger partial charge on any atom is 0.380 e. The number of hydrogen-bond acceptors (Lipinski definition) is 18. The Morgan fingerprint density at radius 2 is 0.816 bits per heavy atom. The molecule has 6 saturated heterocycles. The highest BCUT2D eigenvalue weighted by Gasteiger charge is 2.82. The molecule has 18 nitrogen and oxygen atoms in total. The summed E-state index contributed by atoms with van der Waals surface area (Å²) in [5.41, 5.74) is -6.51. The van der Waals surface area contributed by atoms with Crippen molar-refractivity contribution < 1.29 is 110 Å². The fraction of sp³-hybridized carbons (Fsp3) is 0.475. The molecule has 0 radical (unpaired) electrons. The first-order valence-electron chi connectivity index (χ1n) is 28.1. The summed E-state index contributed by atoms with van der Waals surface area (Å²) in [5.74, 6) is -22.4. The Hall–Kier alpha value is -5.88. The van der Waals surface area contributed by atoms with Gasteiger partial charge in [-0.15, -0.1) is 0 Å². The molecule has 0 amide bonds. The van der Waals surface area contributed by atoms with E-state index in [1.807, 2.05) is 13.8 Å². The number of sulfone groups is 2. The van der Waals surface area contributed by atoms with Crippen LogP contribution in [0.15, 0.2) is 116 Å². The van der Waals surface area contributed by atoms with Crippen LogP contribution in [0.4, 0.5) is 26.3 Å². The molecule has 4 aromatic carbocycles.